The van der Waals surface area contributed by atoms with Crippen molar-refractivity contribution in [3.63, 3.8) is 0 Å². The van der Waals surface area contributed by atoms with Crippen LogP contribution in [0.1, 0.15) is 5.56 Å². The first-order valence-electron chi connectivity index (χ1n) is 4.34. The molecule has 6 heteroatoms. The van der Waals surface area contributed by atoms with Crippen LogP contribution in [0, 0.1) is 10.1 Å². The van der Waals surface area contributed by atoms with Crippen LogP contribution in [0.3, 0.4) is 0 Å². The third-order valence-electron chi connectivity index (χ3n) is 1.85. The van der Waals surface area contributed by atoms with Gasteiger partial charge < -0.3 is 11.1 Å². The second kappa shape index (κ2) is 5.06. The van der Waals surface area contributed by atoms with Crippen molar-refractivity contribution in [2.45, 2.75) is 6.54 Å². The summed E-state index contributed by atoms with van der Waals surface area (Å²) in [6, 6.07) is 6.24. The highest BCUT2D eigenvalue weighted by Gasteiger charge is 2.12. The first-order valence-corrected chi connectivity index (χ1v) is 4.34. The van der Waals surface area contributed by atoms with Crippen LogP contribution in [-0.2, 0) is 11.3 Å². The van der Waals surface area contributed by atoms with E-state index in [0.717, 1.165) is 0 Å². The average molecular weight is 209 g/mol. The topological polar surface area (TPSA) is 98.3 Å². The molecule has 0 unspecified atom stereocenters. The summed E-state index contributed by atoms with van der Waals surface area (Å²) < 4.78 is 0. The Morgan fingerprint density at radius 1 is 1.47 bits per heavy atom. The number of carbonyl (C=O) groups excluding carboxylic acids is 1. The number of amides is 1. The van der Waals surface area contributed by atoms with Crippen LogP contribution in [-0.4, -0.2) is 17.4 Å². The van der Waals surface area contributed by atoms with Gasteiger partial charge >= 0.3 is 0 Å². The lowest BCUT2D eigenvalue weighted by Gasteiger charge is -2.03. The molecule has 0 aliphatic carbocycles. The van der Waals surface area contributed by atoms with Gasteiger partial charge in [0.1, 0.15) is 0 Å². The smallest absolute Gasteiger partial charge is 0.274 e. The Morgan fingerprint density at radius 3 is 2.73 bits per heavy atom. The number of nitrogens with two attached hydrogens (primary N) is 1. The minimum absolute atomic E-state index is 0.00479. The number of hydrogen-bond acceptors (Lipinski definition) is 4. The fraction of sp³-hybridized carbons (Fsp3) is 0.222. The Labute approximate surface area is 86.2 Å². The maximum Gasteiger partial charge on any atom is 0.274 e. The van der Waals surface area contributed by atoms with Crippen LogP contribution in [0.25, 0.3) is 0 Å². The van der Waals surface area contributed by atoms with Crippen molar-refractivity contribution in [1.82, 2.24) is 5.32 Å². The van der Waals surface area contributed by atoms with Gasteiger partial charge in [-0.3, -0.25) is 14.9 Å². The highest BCUT2D eigenvalue weighted by molar-refractivity contribution is 5.77. The van der Waals surface area contributed by atoms with E-state index in [1.54, 1.807) is 18.2 Å². The van der Waals surface area contributed by atoms with E-state index >= 15 is 0 Å². The second-order valence-electron chi connectivity index (χ2n) is 2.87. The largest absolute Gasteiger partial charge is 0.351 e. The molecule has 0 saturated carbocycles. The molecule has 1 amide bonds. The van der Waals surface area contributed by atoms with E-state index in [1.165, 1.54) is 6.07 Å². The highest BCUT2D eigenvalue weighted by atomic mass is 16.6. The van der Waals surface area contributed by atoms with Crippen molar-refractivity contribution in [2.24, 2.45) is 5.73 Å². The summed E-state index contributed by atoms with van der Waals surface area (Å²) in [5.74, 6) is -0.340. The van der Waals surface area contributed by atoms with Gasteiger partial charge in [-0.25, -0.2) is 0 Å². The zero-order valence-electron chi connectivity index (χ0n) is 7.97. The van der Waals surface area contributed by atoms with Crippen LogP contribution in [0.5, 0.6) is 0 Å². The Balaban J connectivity index is 2.76. The highest BCUT2D eigenvalue weighted by Crippen LogP contribution is 2.16. The summed E-state index contributed by atoms with van der Waals surface area (Å²) in [7, 11) is 0. The first-order chi connectivity index (χ1) is 7.15. The lowest BCUT2D eigenvalue weighted by Crippen LogP contribution is -2.29. The number of nitrogens with one attached hydrogen (secondary N) is 1. The average Bonchev–Trinajstić information content (AvgIpc) is 2.26. The van der Waals surface area contributed by atoms with Gasteiger partial charge in [0.05, 0.1) is 11.5 Å². The second-order valence-corrected chi connectivity index (χ2v) is 2.87. The van der Waals surface area contributed by atoms with Crippen LogP contribution >= 0.6 is 0 Å². The van der Waals surface area contributed by atoms with E-state index in [1.807, 2.05) is 0 Å². The molecule has 0 spiro atoms. The van der Waals surface area contributed by atoms with Gasteiger partial charge in [-0.2, -0.15) is 0 Å². The molecule has 0 bridgehead atoms. The molecule has 0 aromatic heterocycles. The van der Waals surface area contributed by atoms with E-state index < -0.39 is 4.92 Å². The van der Waals surface area contributed by atoms with Crippen LogP contribution < -0.4 is 11.1 Å². The van der Waals surface area contributed by atoms with Crippen molar-refractivity contribution in [1.29, 1.82) is 0 Å². The SMILES string of the molecule is NCC(=O)NCc1ccccc1[N+](=O)[O-]. The van der Waals surface area contributed by atoms with Crippen LogP contribution in [0.2, 0.25) is 0 Å². The maximum atomic E-state index is 10.9. The number of nitro groups is 1. The number of nitrogens with zero attached hydrogens (tertiary/aromatic N) is 1. The standard InChI is InChI=1S/C9H11N3O3/c10-5-9(13)11-6-7-3-1-2-4-8(7)12(14)15/h1-4H,5-6,10H2,(H,11,13). The van der Waals surface area contributed by atoms with Gasteiger partial charge in [0.2, 0.25) is 5.91 Å². The molecular weight excluding hydrogens is 198 g/mol. The summed E-state index contributed by atoms with van der Waals surface area (Å²) in [5, 5.41) is 13.1. The zero-order chi connectivity index (χ0) is 11.3. The molecule has 0 radical (unpaired) electrons. The van der Waals surface area contributed by atoms with Crippen molar-refractivity contribution in [3.8, 4) is 0 Å². The first kappa shape index (κ1) is 11.1. The molecule has 1 rings (SSSR count). The molecule has 0 aliphatic heterocycles. The van der Waals surface area contributed by atoms with Gasteiger partial charge in [-0.1, -0.05) is 18.2 Å². The fourth-order valence-corrected chi connectivity index (χ4v) is 1.10. The quantitative estimate of drug-likeness (QED) is 0.545. The minimum atomic E-state index is -0.482. The van der Waals surface area contributed by atoms with Crippen molar-refractivity contribution in [2.75, 3.05) is 6.54 Å². The Bertz CT molecular complexity index is 379. The number of para-hydroxylation sites is 1. The molecule has 0 heterocycles. The Hall–Kier alpha value is -1.95. The minimum Gasteiger partial charge on any atom is -0.351 e. The third kappa shape index (κ3) is 3.03. The van der Waals surface area contributed by atoms with Gasteiger partial charge in [-0.05, 0) is 0 Å². The molecular formula is C9H11N3O3. The maximum absolute atomic E-state index is 10.9. The Morgan fingerprint density at radius 2 is 2.13 bits per heavy atom. The fourth-order valence-electron chi connectivity index (χ4n) is 1.10. The van der Waals surface area contributed by atoms with Crippen molar-refractivity contribution in [3.05, 3.63) is 39.9 Å². The summed E-state index contributed by atoms with van der Waals surface area (Å²) in [6.07, 6.45) is 0. The molecule has 0 saturated heterocycles. The van der Waals surface area contributed by atoms with Gasteiger partial charge in [0, 0.05) is 18.2 Å². The normalized spacial score (nSPS) is 9.67. The van der Waals surface area contributed by atoms with E-state index in [9.17, 15) is 14.9 Å². The van der Waals surface area contributed by atoms with Crippen LogP contribution in [0.15, 0.2) is 24.3 Å². The summed E-state index contributed by atoms with van der Waals surface area (Å²) in [5.41, 5.74) is 5.55. The van der Waals surface area contributed by atoms with Gasteiger partial charge in [0.25, 0.3) is 5.69 Å². The number of nitro benzene ring substituents is 1. The van der Waals surface area contributed by atoms with E-state index in [4.69, 9.17) is 5.73 Å². The van der Waals surface area contributed by atoms with Gasteiger partial charge in [0.15, 0.2) is 0 Å². The van der Waals surface area contributed by atoms with Gasteiger partial charge in [-0.15, -0.1) is 0 Å². The van der Waals surface area contributed by atoms with Crippen molar-refractivity contribution >= 4 is 11.6 Å². The lowest BCUT2D eigenvalue weighted by molar-refractivity contribution is -0.385. The van der Waals surface area contributed by atoms with Crippen LogP contribution in [0.4, 0.5) is 5.69 Å². The molecule has 3 N–H and O–H groups in total. The summed E-state index contributed by atoms with van der Waals surface area (Å²) in [4.78, 5) is 21.0. The third-order valence-corrected chi connectivity index (χ3v) is 1.85. The predicted molar refractivity (Wildman–Crippen MR) is 54.0 cm³/mol. The number of hydrogen-bond donors (Lipinski definition) is 2. The molecule has 0 aliphatic rings. The lowest BCUT2D eigenvalue weighted by atomic mass is 10.2. The molecule has 1 aromatic carbocycles. The zero-order valence-corrected chi connectivity index (χ0v) is 7.97. The summed E-state index contributed by atoms with van der Waals surface area (Å²) >= 11 is 0. The number of carbonyl (C=O) groups is 1. The molecule has 1 aromatic rings. The van der Waals surface area contributed by atoms with E-state index in [-0.39, 0.29) is 24.7 Å². The van der Waals surface area contributed by atoms with E-state index in [0.29, 0.717) is 5.56 Å². The Kier molecular flexibility index (Phi) is 3.75. The molecule has 6 nitrogen and oxygen atoms in total. The number of benzene rings is 1. The molecule has 0 fully saturated rings. The van der Waals surface area contributed by atoms with Crippen molar-refractivity contribution < 1.29 is 9.72 Å². The predicted octanol–water partition coefficient (Wildman–Crippen LogP) is 0.170. The number of rotatable bonds is 4. The molecule has 0 atom stereocenters. The summed E-state index contributed by atoms with van der Waals surface area (Å²) in [6.45, 7) is -0.00613. The molecule has 80 valence electrons. The van der Waals surface area contributed by atoms with E-state index in [2.05, 4.69) is 5.32 Å². The molecule has 15 heavy (non-hydrogen) atoms. The monoisotopic (exact) mass is 209 g/mol.